The summed E-state index contributed by atoms with van der Waals surface area (Å²) >= 11 is 2.21. The number of alkyl halides is 1. The van der Waals surface area contributed by atoms with Gasteiger partial charge >= 0.3 is 0 Å². The number of hydrogen-bond donors (Lipinski definition) is 0. The molecule has 1 saturated heterocycles. The fourth-order valence-electron chi connectivity index (χ4n) is 1.93. The second-order valence-electron chi connectivity index (χ2n) is 4.38. The lowest BCUT2D eigenvalue weighted by molar-refractivity contribution is 0.545. The Morgan fingerprint density at radius 3 is 2.41 bits per heavy atom. The van der Waals surface area contributed by atoms with E-state index in [4.69, 9.17) is 0 Å². The van der Waals surface area contributed by atoms with E-state index in [-0.39, 0.29) is 10.1 Å². The van der Waals surface area contributed by atoms with Crippen molar-refractivity contribution >= 4 is 32.6 Å². The van der Waals surface area contributed by atoms with Crippen LogP contribution in [0.5, 0.6) is 0 Å². The first-order valence-electron chi connectivity index (χ1n) is 5.72. The Balaban J connectivity index is 2.23. The number of benzene rings is 1. The van der Waals surface area contributed by atoms with Crippen molar-refractivity contribution in [2.45, 2.75) is 41.7 Å². The van der Waals surface area contributed by atoms with Gasteiger partial charge in [-0.15, -0.1) is 0 Å². The fourth-order valence-corrected chi connectivity index (χ4v) is 5.63. The lowest BCUT2D eigenvalue weighted by atomic mass is 10.2. The van der Waals surface area contributed by atoms with Gasteiger partial charge in [0.15, 0.2) is 0 Å². The van der Waals surface area contributed by atoms with Gasteiger partial charge in [-0.3, -0.25) is 0 Å². The van der Waals surface area contributed by atoms with Crippen LogP contribution < -0.4 is 0 Å². The van der Waals surface area contributed by atoms with E-state index in [9.17, 15) is 8.42 Å². The van der Waals surface area contributed by atoms with E-state index in [1.165, 1.54) is 0 Å². The monoisotopic (exact) mass is 365 g/mol. The third-order valence-electron chi connectivity index (χ3n) is 2.98. The van der Waals surface area contributed by atoms with Gasteiger partial charge in [0.2, 0.25) is 10.0 Å². The average Bonchev–Trinajstić information content (AvgIpc) is 2.91. The molecule has 1 aliphatic rings. The summed E-state index contributed by atoms with van der Waals surface area (Å²) in [6, 6.07) is 7.25. The highest BCUT2D eigenvalue weighted by Crippen LogP contribution is 2.42. The van der Waals surface area contributed by atoms with Gasteiger partial charge in [-0.2, -0.15) is 4.31 Å². The summed E-state index contributed by atoms with van der Waals surface area (Å²) in [4.78, 5) is 0.406. The summed E-state index contributed by atoms with van der Waals surface area (Å²) in [5.74, 6) is 0. The van der Waals surface area contributed by atoms with Crippen molar-refractivity contribution in [2.24, 2.45) is 0 Å². The zero-order valence-corrected chi connectivity index (χ0v) is 12.9. The molecular weight excluding hydrogens is 349 g/mol. The van der Waals surface area contributed by atoms with Gasteiger partial charge in [0.1, 0.15) is 0 Å². The van der Waals surface area contributed by atoms with Crippen molar-refractivity contribution < 1.29 is 8.42 Å². The van der Waals surface area contributed by atoms with E-state index in [1.807, 2.05) is 19.1 Å². The van der Waals surface area contributed by atoms with E-state index < -0.39 is 10.0 Å². The van der Waals surface area contributed by atoms with Crippen LogP contribution in [-0.4, -0.2) is 22.8 Å². The molecule has 0 radical (unpaired) electrons. The van der Waals surface area contributed by atoms with Crippen LogP contribution in [0.4, 0.5) is 0 Å². The number of aryl methyl sites for hydroxylation is 1. The minimum atomic E-state index is -3.28. The van der Waals surface area contributed by atoms with Crippen molar-refractivity contribution in [3.63, 3.8) is 0 Å². The molecule has 0 aliphatic carbocycles. The Morgan fingerprint density at radius 2 is 1.88 bits per heavy atom. The van der Waals surface area contributed by atoms with Crippen molar-refractivity contribution in [1.29, 1.82) is 0 Å². The number of nitrogens with zero attached hydrogens (tertiary/aromatic N) is 1. The molecule has 2 rings (SSSR count). The maximum Gasteiger partial charge on any atom is 0.244 e. The molecule has 5 heteroatoms. The summed E-state index contributed by atoms with van der Waals surface area (Å²) in [6.07, 6.45) is 1.96. The highest BCUT2D eigenvalue weighted by molar-refractivity contribution is 14.1. The van der Waals surface area contributed by atoms with Crippen LogP contribution in [0.25, 0.3) is 0 Å². The highest BCUT2D eigenvalue weighted by Gasteiger charge is 2.53. The molecule has 0 saturated carbocycles. The Bertz CT molecular complexity index is 498. The van der Waals surface area contributed by atoms with Crippen LogP contribution in [0.15, 0.2) is 29.2 Å². The molecule has 1 aliphatic heterocycles. The van der Waals surface area contributed by atoms with E-state index >= 15 is 0 Å². The maximum atomic E-state index is 12.3. The lowest BCUT2D eigenvalue weighted by Crippen LogP contribution is -2.15. The second-order valence-corrected chi connectivity index (χ2v) is 7.50. The SMILES string of the molecule is CCC[C@@H]1[C@H](I)N1S(=O)(=O)c1ccc(C)cc1. The quantitative estimate of drug-likeness (QED) is 0.356. The van der Waals surface area contributed by atoms with Crippen molar-refractivity contribution in [3.05, 3.63) is 29.8 Å². The van der Waals surface area contributed by atoms with Crippen molar-refractivity contribution in [3.8, 4) is 0 Å². The van der Waals surface area contributed by atoms with Gasteiger partial charge in [0.05, 0.1) is 15.0 Å². The van der Waals surface area contributed by atoms with Crippen molar-refractivity contribution in [2.75, 3.05) is 0 Å². The van der Waals surface area contributed by atoms with Gasteiger partial charge in [0.25, 0.3) is 0 Å². The Hall–Kier alpha value is -0.140. The predicted octanol–water partition coefficient (Wildman–Crippen LogP) is 2.93. The maximum absolute atomic E-state index is 12.3. The minimum Gasteiger partial charge on any atom is -0.207 e. The topological polar surface area (TPSA) is 37.1 Å². The van der Waals surface area contributed by atoms with Crippen LogP contribution in [-0.2, 0) is 10.0 Å². The zero-order chi connectivity index (χ0) is 12.6. The molecule has 0 N–H and O–H groups in total. The van der Waals surface area contributed by atoms with E-state index in [2.05, 4.69) is 29.5 Å². The van der Waals surface area contributed by atoms with E-state index in [0.29, 0.717) is 4.90 Å². The molecule has 17 heavy (non-hydrogen) atoms. The molecular formula is C12H16INO2S. The van der Waals surface area contributed by atoms with Gasteiger partial charge in [-0.1, -0.05) is 53.6 Å². The molecule has 0 spiro atoms. The molecule has 3 nitrogen and oxygen atoms in total. The molecule has 1 heterocycles. The van der Waals surface area contributed by atoms with Crippen LogP contribution in [0.1, 0.15) is 25.3 Å². The first-order valence-corrected chi connectivity index (χ1v) is 8.41. The summed E-state index contributed by atoms with van der Waals surface area (Å²) in [5.41, 5.74) is 1.07. The molecule has 1 aromatic carbocycles. The molecule has 0 bridgehead atoms. The predicted molar refractivity (Wildman–Crippen MR) is 76.7 cm³/mol. The third-order valence-corrected chi connectivity index (χ3v) is 6.71. The van der Waals surface area contributed by atoms with Crippen LogP contribution >= 0.6 is 22.6 Å². The average molecular weight is 365 g/mol. The molecule has 0 amide bonds. The third kappa shape index (κ3) is 2.51. The van der Waals surface area contributed by atoms with Gasteiger partial charge in [-0.05, 0) is 25.5 Å². The van der Waals surface area contributed by atoms with Gasteiger partial charge < -0.3 is 0 Å². The van der Waals surface area contributed by atoms with Crippen LogP contribution in [0.2, 0.25) is 0 Å². The first kappa shape index (κ1) is 13.3. The molecule has 1 aromatic rings. The summed E-state index contributed by atoms with van der Waals surface area (Å²) < 4.78 is 26.4. The summed E-state index contributed by atoms with van der Waals surface area (Å²) in [5, 5.41) is 0. The Labute approximate surface area is 116 Å². The summed E-state index contributed by atoms with van der Waals surface area (Å²) in [7, 11) is -3.28. The molecule has 3 atom stereocenters. The zero-order valence-electron chi connectivity index (χ0n) is 9.93. The number of halogens is 1. The van der Waals surface area contributed by atoms with E-state index in [0.717, 1.165) is 18.4 Å². The number of rotatable bonds is 4. The molecule has 94 valence electrons. The fraction of sp³-hybridized carbons (Fsp3) is 0.500. The normalized spacial score (nSPS) is 28.1. The smallest absolute Gasteiger partial charge is 0.207 e. The number of sulfonamides is 1. The van der Waals surface area contributed by atoms with Crippen molar-refractivity contribution in [1.82, 2.24) is 4.31 Å². The Kier molecular flexibility index (Phi) is 3.80. The van der Waals surface area contributed by atoms with Crippen LogP contribution in [0.3, 0.4) is 0 Å². The molecule has 0 aromatic heterocycles. The number of hydrogen-bond acceptors (Lipinski definition) is 2. The molecule has 1 fully saturated rings. The largest absolute Gasteiger partial charge is 0.244 e. The van der Waals surface area contributed by atoms with Crippen LogP contribution in [0, 0.1) is 6.92 Å². The van der Waals surface area contributed by atoms with Gasteiger partial charge in [0, 0.05) is 0 Å². The Morgan fingerprint density at radius 1 is 1.29 bits per heavy atom. The second kappa shape index (κ2) is 4.85. The first-order chi connectivity index (χ1) is 7.98. The highest BCUT2D eigenvalue weighted by atomic mass is 127. The summed E-state index contributed by atoms with van der Waals surface area (Å²) in [6.45, 7) is 4.03. The standard InChI is InChI=1S/C12H16INO2S/c1-3-4-11-12(13)14(11)17(15,16)10-7-5-9(2)6-8-10/h5-8,11-12H,3-4H2,1-2H3/t11-,12-,14?/m1/s1. The minimum absolute atomic E-state index is 0.124. The van der Waals surface area contributed by atoms with Gasteiger partial charge in [-0.25, -0.2) is 8.42 Å². The van der Waals surface area contributed by atoms with E-state index in [1.54, 1.807) is 16.4 Å². The lowest BCUT2D eigenvalue weighted by Gasteiger charge is -2.06. The molecule has 1 unspecified atom stereocenters.